The van der Waals surface area contributed by atoms with Crippen LogP contribution in [0.5, 0.6) is 0 Å². The van der Waals surface area contributed by atoms with Crippen molar-refractivity contribution in [3.05, 3.63) is 58.1 Å². The molecule has 1 aromatic heterocycles. The molecule has 4 heteroatoms. The zero-order chi connectivity index (χ0) is 14.4. The fourth-order valence-electron chi connectivity index (χ4n) is 2.04. The molecule has 0 amide bonds. The Morgan fingerprint density at radius 2 is 1.90 bits per heavy atom. The molecule has 0 aliphatic heterocycles. The number of aromatic nitrogens is 2. The predicted octanol–water partition coefficient (Wildman–Crippen LogP) is 3.83. The van der Waals surface area contributed by atoms with Crippen molar-refractivity contribution >= 4 is 15.9 Å². The Hall–Kier alpha value is -1.26. The van der Waals surface area contributed by atoms with Crippen molar-refractivity contribution in [2.24, 2.45) is 0 Å². The number of hydrogen-bond donors (Lipinski definition) is 1. The molecule has 1 N–H and O–H groups in total. The fraction of sp³-hybridized carbons (Fsp3) is 0.375. The van der Waals surface area contributed by atoms with Crippen molar-refractivity contribution in [2.75, 3.05) is 6.54 Å². The quantitative estimate of drug-likeness (QED) is 0.872. The summed E-state index contributed by atoms with van der Waals surface area (Å²) >= 11 is 3.47. The normalized spacial score (nSPS) is 12.3. The Morgan fingerprint density at radius 1 is 1.15 bits per heavy atom. The minimum atomic E-state index is 0.212. The molecule has 0 spiro atoms. The van der Waals surface area contributed by atoms with E-state index in [1.165, 1.54) is 5.56 Å². The summed E-state index contributed by atoms with van der Waals surface area (Å²) < 4.78 is 1.11. The molecule has 0 radical (unpaired) electrons. The molecule has 0 saturated heterocycles. The van der Waals surface area contributed by atoms with Crippen LogP contribution in [-0.4, -0.2) is 16.5 Å². The average molecular weight is 334 g/mol. The van der Waals surface area contributed by atoms with Crippen LogP contribution >= 0.6 is 15.9 Å². The van der Waals surface area contributed by atoms with Gasteiger partial charge in [0.15, 0.2) is 0 Å². The first-order valence-corrected chi connectivity index (χ1v) is 7.74. The zero-order valence-corrected chi connectivity index (χ0v) is 13.5. The molecule has 0 aliphatic carbocycles. The molecule has 2 rings (SSSR count). The van der Waals surface area contributed by atoms with Crippen LogP contribution in [-0.2, 0) is 6.42 Å². The second-order valence-corrected chi connectivity index (χ2v) is 5.84. The second-order valence-electron chi connectivity index (χ2n) is 4.92. The van der Waals surface area contributed by atoms with Gasteiger partial charge in [0.1, 0.15) is 0 Å². The van der Waals surface area contributed by atoms with Crippen LogP contribution in [0.25, 0.3) is 0 Å². The van der Waals surface area contributed by atoms with Crippen LogP contribution in [0.3, 0.4) is 0 Å². The van der Waals surface area contributed by atoms with Crippen LogP contribution in [0, 0.1) is 6.92 Å². The maximum Gasteiger partial charge on any atom is 0.0759 e. The molecule has 0 saturated carbocycles. The van der Waals surface area contributed by atoms with E-state index >= 15 is 0 Å². The first-order valence-electron chi connectivity index (χ1n) is 6.95. The molecule has 2 aromatic rings. The molecular formula is C16H20BrN3. The van der Waals surface area contributed by atoms with Gasteiger partial charge in [0.25, 0.3) is 0 Å². The van der Waals surface area contributed by atoms with E-state index in [0.717, 1.165) is 35.2 Å². The Labute approximate surface area is 129 Å². The van der Waals surface area contributed by atoms with E-state index in [9.17, 15) is 0 Å². The average Bonchev–Trinajstić information content (AvgIpc) is 2.46. The first kappa shape index (κ1) is 15.1. The fourth-order valence-corrected chi connectivity index (χ4v) is 2.30. The molecule has 1 aromatic carbocycles. The molecular weight excluding hydrogens is 314 g/mol. The van der Waals surface area contributed by atoms with Gasteiger partial charge in [-0.05, 0) is 44.0 Å². The Bertz CT molecular complexity index is 522. The van der Waals surface area contributed by atoms with Crippen molar-refractivity contribution < 1.29 is 0 Å². The molecule has 0 fully saturated rings. The third-order valence-corrected chi connectivity index (χ3v) is 3.68. The second kappa shape index (κ2) is 7.50. The van der Waals surface area contributed by atoms with Crippen molar-refractivity contribution in [3.8, 4) is 0 Å². The smallest absolute Gasteiger partial charge is 0.0759 e. The van der Waals surface area contributed by atoms with E-state index in [-0.39, 0.29) is 6.04 Å². The van der Waals surface area contributed by atoms with Crippen LogP contribution in [0.1, 0.15) is 36.3 Å². The molecule has 0 bridgehead atoms. The van der Waals surface area contributed by atoms with Gasteiger partial charge < -0.3 is 5.32 Å². The van der Waals surface area contributed by atoms with Crippen LogP contribution in [0.4, 0.5) is 0 Å². The molecule has 20 heavy (non-hydrogen) atoms. The summed E-state index contributed by atoms with van der Waals surface area (Å²) in [6.45, 7) is 5.11. The monoisotopic (exact) mass is 333 g/mol. The van der Waals surface area contributed by atoms with Crippen molar-refractivity contribution in [2.45, 2.75) is 32.7 Å². The highest BCUT2D eigenvalue weighted by molar-refractivity contribution is 9.10. The number of halogens is 1. The van der Waals surface area contributed by atoms with Crippen molar-refractivity contribution in [1.29, 1.82) is 0 Å². The molecule has 1 unspecified atom stereocenters. The number of rotatable bonds is 6. The highest BCUT2D eigenvalue weighted by Gasteiger charge is 2.13. The minimum Gasteiger partial charge on any atom is -0.308 e. The van der Waals surface area contributed by atoms with Gasteiger partial charge in [0.2, 0.25) is 0 Å². The van der Waals surface area contributed by atoms with Gasteiger partial charge in [0.05, 0.1) is 23.6 Å². The third kappa shape index (κ3) is 4.39. The minimum absolute atomic E-state index is 0.212. The summed E-state index contributed by atoms with van der Waals surface area (Å²) in [6, 6.07) is 8.66. The molecule has 1 atom stereocenters. The maximum absolute atomic E-state index is 4.51. The molecule has 3 nitrogen and oxygen atoms in total. The van der Waals surface area contributed by atoms with Gasteiger partial charge in [-0.25, -0.2) is 0 Å². The van der Waals surface area contributed by atoms with Crippen molar-refractivity contribution in [1.82, 2.24) is 15.3 Å². The number of aryl methyl sites for hydroxylation is 1. The lowest BCUT2D eigenvalue weighted by Crippen LogP contribution is -2.25. The Balaban J connectivity index is 2.14. The van der Waals surface area contributed by atoms with Gasteiger partial charge in [-0.15, -0.1) is 0 Å². The van der Waals surface area contributed by atoms with Crippen molar-refractivity contribution in [3.63, 3.8) is 0 Å². The molecule has 1 heterocycles. The molecule has 0 aliphatic rings. The van der Waals surface area contributed by atoms with Gasteiger partial charge >= 0.3 is 0 Å². The highest BCUT2D eigenvalue weighted by Crippen LogP contribution is 2.18. The van der Waals surface area contributed by atoms with E-state index in [1.807, 2.05) is 19.3 Å². The number of nitrogens with one attached hydrogen (secondary N) is 1. The van der Waals surface area contributed by atoms with Gasteiger partial charge in [-0.3, -0.25) is 9.97 Å². The summed E-state index contributed by atoms with van der Waals surface area (Å²) in [5, 5.41) is 3.55. The van der Waals surface area contributed by atoms with E-state index in [0.29, 0.717) is 0 Å². The SMILES string of the molecule is CCCNC(Cc1ccc(Br)cc1)c1cnc(C)cn1. The van der Waals surface area contributed by atoms with Gasteiger partial charge in [-0.1, -0.05) is 35.0 Å². The first-order chi connectivity index (χ1) is 9.69. The summed E-state index contributed by atoms with van der Waals surface area (Å²) in [6.07, 6.45) is 5.74. The van der Waals surface area contributed by atoms with Gasteiger partial charge in [-0.2, -0.15) is 0 Å². The maximum atomic E-state index is 4.51. The predicted molar refractivity (Wildman–Crippen MR) is 85.6 cm³/mol. The zero-order valence-electron chi connectivity index (χ0n) is 11.9. The number of hydrogen-bond acceptors (Lipinski definition) is 3. The lowest BCUT2D eigenvalue weighted by molar-refractivity contribution is 0.515. The van der Waals surface area contributed by atoms with Crippen LogP contribution in [0.15, 0.2) is 41.1 Å². The lowest BCUT2D eigenvalue weighted by Gasteiger charge is -2.18. The summed E-state index contributed by atoms with van der Waals surface area (Å²) in [4.78, 5) is 8.86. The Kier molecular flexibility index (Phi) is 5.68. The largest absolute Gasteiger partial charge is 0.308 e. The molecule has 106 valence electrons. The van der Waals surface area contributed by atoms with E-state index in [1.54, 1.807) is 0 Å². The number of benzene rings is 1. The van der Waals surface area contributed by atoms with Gasteiger partial charge in [0, 0.05) is 10.7 Å². The van der Waals surface area contributed by atoms with E-state index < -0.39 is 0 Å². The summed E-state index contributed by atoms with van der Waals surface area (Å²) in [5.41, 5.74) is 3.25. The van der Waals surface area contributed by atoms with E-state index in [4.69, 9.17) is 0 Å². The standard InChI is InChI=1S/C16H20BrN3/c1-3-8-18-15(16-11-19-12(2)10-20-16)9-13-4-6-14(17)7-5-13/h4-7,10-11,15,18H,3,8-9H2,1-2H3. The summed E-state index contributed by atoms with van der Waals surface area (Å²) in [7, 11) is 0. The highest BCUT2D eigenvalue weighted by atomic mass is 79.9. The van der Waals surface area contributed by atoms with Crippen LogP contribution in [0.2, 0.25) is 0 Å². The number of nitrogens with zero attached hydrogens (tertiary/aromatic N) is 2. The summed E-state index contributed by atoms with van der Waals surface area (Å²) in [5.74, 6) is 0. The topological polar surface area (TPSA) is 37.8 Å². The Morgan fingerprint density at radius 3 is 2.50 bits per heavy atom. The van der Waals surface area contributed by atoms with Crippen LogP contribution < -0.4 is 5.32 Å². The third-order valence-electron chi connectivity index (χ3n) is 3.15. The van der Waals surface area contributed by atoms with E-state index in [2.05, 4.69) is 62.4 Å². The lowest BCUT2D eigenvalue weighted by atomic mass is 10.0.